The fourth-order valence-electron chi connectivity index (χ4n) is 4.11. The van der Waals surface area contributed by atoms with Crippen LogP contribution in [-0.4, -0.2) is 11.1 Å². The van der Waals surface area contributed by atoms with E-state index in [4.69, 9.17) is 0 Å². The lowest BCUT2D eigenvalue weighted by atomic mass is 9.63. The van der Waals surface area contributed by atoms with E-state index in [1.54, 1.807) is 0 Å². The Balaban J connectivity index is 2.29. The summed E-state index contributed by atoms with van der Waals surface area (Å²) < 4.78 is 0. The highest BCUT2D eigenvalue weighted by atomic mass is 16.4. The van der Waals surface area contributed by atoms with Crippen LogP contribution >= 0.6 is 0 Å². The number of unbranched alkanes of at least 4 members (excludes halogenated alkanes) is 1. The minimum atomic E-state index is -0.606. The average molecular weight is 302 g/mol. The number of carboxylic acids is 1. The van der Waals surface area contributed by atoms with E-state index in [-0.39, 0.29) is 11.3 Å². The molecule has 1 aliphatic rings. The number of hydrogen-bond acceptors (Lipinski definition) is 1. The third-order valence-corrected chi connectivity index (χ3v) is 5.41. The molecule has 122 valence electrons. The molecule has 1 saturated carbocycles. The van der Waals surface area contributed by atoms with Crippen molar-refractivity contribution in [2.75, 3.05) is 0 Å². The lowest BCUT2D eigenvalue weighted by Gasteiger charge is -2.41. The summed E-state index contributed by atoms with van der Waals surface area (Å²) in [4.78, 5) is 11.3. The Labute approximate surface area is 134 Å². The van der Waals surface area contributed by atoms with Gasteiger partial charge in [0.2, 0.25) is 0 Å². The van der Waals surface area contributed by atoms with Crippen molar-refractivity contribution in [3.8, 4) is 0 Å². The fraction of sp³-hybridized carbons (Fsp3) is 0.650. The van der Waals surface area contributed by atoms with E-state index in [1.807, 2.05) is 0 Å². The van der Waals surface area contributed by atoms with Gasteiger partial charge in [-0.2, -0.15) is 0 Å². The summed E-state index contributed by atoms with van der Waals surface area (Å²) in [5.41, 5.74) is 3.21. The number of aryl methyl sites for hydroxylation is 1. The first kappa shape index (κ1) is 17.1. The highest BCUT2D eigenvalue weighted by Gasteiger charge is 2.39. The number of carbonyl (C=O) groups is 1. The van der Waals surface area contributed by atoms with Gasteiger partial charge in [0.1, 0.15) is 0 Å². The molecule has 0 aliphatic heterocycles. The van der Waals surface area contributed by atoms with Crippen LogP contribution in [0.5, 0.6) is 0 Å². The molecule has 0 atom stereocenters. The highest BCUT2D eigenvalue weighted by Crippen LogP contribution is 2.46. The van der Waals surface area contributed by atoms with Gasteiger partial charge in [-0.15, -0.1) is 0 Å². The van der Waals surface area contributed by atoms with Crippen molar-refractivity contribution in [1.82, 2.24) is 0 Å². The van der Waals surface area contributed by atoms with E-state index in [1.165, 1.54) is 36.8 Å². The standard InChI is InChI=1S/C20H30O2/c1-3-5-13-20(14-11-17(12-15-20)19(21)22)18-10-7-6-9-16(18)8-4-2/h6-7,9-10,17H,3-5,8,11-15H2,1-2H3,(H,21,22). The van der Waals surface area contributed by atoms with E-state index < -0.39 is 5.97 Å². The van der Waals surface area contributed by atoms with E-state index in [9.17, 15) is 9.90 Å². The maximum Gasteiger partial charge on any atom is 0.306 e. The van der Waals surface area contributed by atoms with E-state index >= 15 is 0 Å². The average Bonchev–Trinajstić information content (AvgIpc) is 2.54. The number of benzene rings is 1. The molecule has 2 rings (SSSR count). The van der Waals surface area contributed by atoms with Crippen molar-refractivity contribution in [3.05, 3.63) is 35.4 Å². The first-order valence-electron chi connectivity index (χ1n) is 8.94. The van der Waals surface area contributed by atoms with Gasteiger partial charge in [0.05, 0.1) is 5.92 Å². The van der Waals surface area contributed by atoms with Crippen LogP contribution in [0.2, 0.25) is 0 Å². The van der Waals surface area contributed by atoms with Crippen molar-refractivity contribution in [2.24, 2.45) is 5.92 Å². The van der Waals surface area contributed by atoms with Crippen LogP contribution in [0.3, 0.4) is 0 Å². The molecule has 1 aromatic carbocycles. The zero-order chi connectivity index (χ0) is 16.0. The van der Waals surface area contributed by atoms with Crippen LogP contribution in [0, 0.1) is 5.92 Å². The Bertz CT molecular complexity index is 484. The maximum absolute atomic E-state index is 11.3. The maximum atomic E-state index is 11.3. The van der Waals surface area contributed by atoms with Gasteiger partial charge in [-0.1, -0.05) is 57.4 Å². The summed E-state index contributed by atoms with van der Waals surface area (Å²) in [5.74, 6) is -0.737. The van der Waals surface area contributed by atoms with Gasteiger partial charge in [0.15, 0.2) is 0 Å². The van der Waals surface area contributed by atoms with Crippen molar-refractivity contribution < 1.29 is 9.90 Å². The number of hydrogen-bond donors (Lipinski definition) is 1. The van der Waals surface area contributed by atoms with Gasteiger partial charge < -0.3 is 5.11 Å². The van der Waals surface area contributed by atoms with Gasteiger partial charge in [0, 0.05) is 0 Å². The third kappa shape index (κ3) is 3.71. The van der Waals surface area contributed by atoms with Gasteiger partial charge >= 0.3 is 5.97 Å². The molecule has 0 saturated heterocycles. The molecule has 2 heteroatoms. The number of rotatable bonds is 7. The van der Waals surface area contributed by atoms with Crippen LogP contribution in [0.1, 0.15) is 76.3 Å². The highest BCUT2D eigenvalue weighted by molar-refractivity contribution is 5.70. The molecular weight excluding hydrogens is 272 g/mol. The molecule has 0 amide bonds. The van der Waals surface area contributed by atoms with Crippen LogP contribution in [0.15, 0.2) is 24.3 Å². The van der Waals surface area contributed by atoms with Crippen LogP contribution < -0.4 is 0 Å². The Morgan fingerprint density at radius 2 is 1.86 bits per heavy atom. The number of aliphatic carboxylic acids is 1. The first-order chi connectivity index (χ1) is 10.6. The van der Waals surface area contributed by atoms with Gasteiger partial charge in [0.25, 0.3) is 0 Å². The van der Waals surface area contributed by atoms with E-state index in [2.05, 4.69) is 38.1 Å². The first-order valence-corrected chi connectivity index (χ1v) is 8.94. The summed E-state index contributed by atoms with van der Waals surface area (Å²) in [5, 5.41) is 9.29. The Kier molecular flexibility index (Phi) is 6.05. The molecule has 22 heavy (non-hydrogen) atoms. The van der Waals surface area contributed by atoms with Gasteiger partial charge in [-0.25, -0.2) is 0 Å². The second kappa shape index (κ2) is 7.80. The summed E-state index contributed by atoms with van der Waals surface area (Å²) >= 11 is 0. The third-order valence-electron chi connectivity index (χ3n) is 5.41. The molecule has 0 unspecified atom stereocenters. The minimum Gasteiger partial charge on any atom is -0.481 e. The van der Waals surface area contributed by atoms with Gasteiger partial charge in [-0.3, -0.25) is 4.79 Å². The van der Waals surface area contributed by atoms with Crippen LogP contribution in [0.4, 0.5) is 0 Å². The Morgan fingerprint density at radius 3 is 2.45 bits per heavy atom. The molecule has 1 aromatic rings. The summed E-state index contributed by atoms with van der Waals surface area (Å²) in [6.07, 6.45) is 9.67. The zero-order valence-electron chi connectivity index (χ0n) is 14.1. The topological polar surface area (TPSA) is 37.3 Å². The van der Waals surface area contributed by atoms with Crippen LogP contribution in [-0.2, 0) is 16.6 Å². The summed E-state index contributed by atoms with van der Waals surface area (Å²) in [6.45, 7) is 4.48. The minimum absolute atomic E-state index is 0.131. The van der Waals surface area contributed by atoms with Crippen molar-refractivity contribution in [3.63, 3.8) is 0 Å². The molecule has 2 nitrogen and oxygen atoms in total. The number of carboxylic acid groups (broad SMARTS) is 1. The predicted octanol–water partition coefficient (Wildman–Crippen LogP) is 5.34. The molecule has 1 N–H and O–H groups in total. The second-order valence-electron chi connectivity index (χ2n) is 6.90. The lowest BCUT2D eigenvalue weighted by molar-refractivity contribution is -0.143. The summed E-state index contributed by atoms with van der Waals surface area (Å²) in [7, 11) is 0. The van der Waals surface area contributed by atoms with Crippen molar-refractivity contribution in [1.29, 1.82) is 0 Å². The van der Waals surface area contributed by atoms with Crippen LogP contribution in [0.25, 0.3) is 0 Å². The fourth-order valence-corrected chi connectivity index (χ4v) is 4.11. The second-order valence-corrected chi connectivity index (χ2v) is 6.90. The SMILES string of the molecule is CCCCC1(c2ccccc2CCC)CCC(C(=O)O)CC1. The quantitative estimate of drug-likeness (QED) is 0.738. The predicted molar refractivity (Wildman–Crippen MR) is 91.2 cm³/mol. The molecule has 0 heterocycles. The normalized spacial score (nSPS) is 25.1. The zero-order valence-corrected chi connectivity index (χ0v) is 14.1. The van der Waals surface area contributed by atoms with Gasteiger partial charge in [-0.05, 0) is 55.1 Å². The molecule has 0 aromatic heterocycles. The molecule has 1 aliphatic carbocycles. The molecular formula is C20H30O2. The lowest BCUT2D eigenvalue weighted by Crippen LogP contribution is -2.35. The smallest absolute Gasteiger partial charge is 0.306 e. The van der Waals surface area contributed by atoms with Crippen molar-refractivity contribution >= 4 is 5.97 Å². The monoisotopic (exact) mass is 302 g/mol. The Morgan fingerprint density at radius 1 is 1.18 bits per heavy atom. The molecule has 1 fully saturated rings. The summed E-state index contributed by atoms with van der Waals surface area (Å²) in [6, 6.07) is 8.88. The molecule has 0 spiro atoms. The molecule has 0 bridgehead atoms. The largest absolute Gasteiger partial charge is 0.481 e. The van der Waals surface area contributed by atoms with Crippen molar-refractivity contribution in [2.45, 2.75) is 77.0 Å². The van der Waals surface area contributed by atoms with E-state index in [0.717, 1.165) is 32.1 Å². The van der Waals surface area contributed by atoms with E-state index in [0.29, 0.717) is 0 Å². The molecule has 0 radical (unpaired) electrons. The Hall–Kier alpha value is -1.31.